The summed E-state index contributed by atoms with van der Waals surface area (Å²) >= 11 is 0. The van der Waals surface area contributed by atoms with Crippen LogP contribution in [0.15, 0.2) is 65.9 Å². The van der Waals surface area contributed by atoms with E-state index in [9.17, 15) is 9.59 Å². The highest BCUT2D eigenvalue weighted by molar-refractivity contribution is 6.14. The van der Waals surface area contributed by atoms with E-state index < -0.39 is 12.0 Å². The molecule has 0 fully saturated rings. The largest absolute Gasteiger partial charge is 0.497 e. The van der Waals surface area contributed by atoms with Crippen molar-refractivity contribution in [2.24, 2.45) is 0 Å². The molecule has 0 saturated heterocycles. The van der Waals surface area contributed by atoms with Crippen LogP contribution in [0.25, 0.3) is 0 Å². The number of methoxy groups -OCH3 is 2. The monoisotopic (exact) mass is 391 g/mol. The molecule has 1 aliphatic heterocycles. The van der Waals surface area contributed by atoms with Crippen LogP contribution in [0.1, 0.15) is 22.0 Å². The van der Waals surface area contributed by atoms with Gasteiger partial charge in [-0.3, -0.25) is 4.79 Å². The summed E-state index contributed by atoms with van der Waals surface area (Å²) < 4.78 is 11.7. The Morgan fingerprint density at radius 3 is 2.59 bits per heavy atom. The van der Waals surface area contributed by atoms with Crippen LogP contribution in [-0.4, -0.2) is 46.2 Å². The van der Waals surface area contributed by atoms with Gasteiger partial charge in [-0.1, -0.05) is 47.6 Å². The first-order chi connectivity index (χ1) is 14.1. The van der Waals surface area contributed by atoms with Gasteiger partial charge in [0, 0.05) is 5.56 Å². The third-order valence-corrected chi connectivity index (χ3v) is 4.60. The molecule has 0 spiro atoms. The molecule has 3 aromatic rings. The summed E-state index contributed by atoms with van der Waals surface area (Å²) in [5, 5.41) is 14.5. The van der Waals surface area contributed by atoms with E-state index in [1.165, 1.54) is 11.8 Å². The van der Waals surface area contributed by atoms with Crippen LogP contribution in [0, 0.1) is 0 Å². The van der Waals surface area contributed by atoms with Crippen molar-refractivity contribution in [1.82, 2.24) is 20.2 Å². The maximum Gasteiger partial charge on any atom is 0.355 e. The lowest BCUT2D eigenvalue weighted by Crippen LogP contribution is -2.32. The number of Topliss-reactive ketones (excluding diaryl/α,β-unsaturated/α-hetero) is 1. The number of fused-ring (bicyclic) bond motifs is 1. The van der Waals surface area contributed by atoms with Gasteiger partial charge in [0.15, 0.2) is 5.78 Å². The Morgan fingerprint density at radius 2 is 1.86 bits per heavy atom. The normalized spacial score (nSPS) is 15.3. The first-order valence-corrected chi connectivity index (χ1v) is 8.75. The molecular weight excluding hydrogens is 374 g/mol. The van der Waals surface area contributed by atoms with E-state index in [-0.39, 0.29) is 23.0 Å². The highest BCUT2D eigenvalue weighted by Gasteiger charge is 2.38. The lowest BCUT2D eigenvalue weighted by molar-refractivity contribution is -0.136. The van der Waals surface area contributed by atoms with E-state index in [0.29, 0.717) is 16.9 Å². The summed E-state index contributed by atoms with van der Waals surface area (Å²) in [6, 6.07) is 15.1. The molecule has 1 atom stereocenters. The number of aromatic nitrogens is 4. The molecule has 0 amide bonds. The van der Waals surface area contributed by atoms with Crippen molar-refractivity contribution >= 4 is 17.7 Å². The molecular formula is C20H17N5O4. The summed E-state index contributed by atoms with van der Waals surface area (Å²) in [7, 11) is 2.80. The molecule has 1 N–H and O–H groups in total. The van der Waals surface area contributed by atoms with Crippen LogP contribution in [0.4, 0.5) is 5.95 Å². The first kappa shape index (κ1) is 18.4. The summed E-state index contributed by atoms with van der Waals surface area (Å²) in [4.78, 5) is 26.0. The lowest BCUT2D eigenvalue weighted by Gasteiger charge is -2.28. The Kier molecular flexibility index (Phi) is 4.78. The summed E-state index contributed by atoms with van der Waals surface area (Å²) in [5.74, 6) is -0.205. The second-order valence-electron chi connectivity index (χ2n) is 6.23. The van der Waals surface area contributed by atoms with E-state index in [2.05, 4.69) is 20.8 Å². The van der Waals surface area contributed by atoms with E-state index in [1.54, 1.807) is 49.6 Å². The average molecular weight is 391 g/mol. The van der Waals surface area contributed by atoms with Gasteiger partial charge in [0.2, 0.25) is 5.95 Å². The van der Waals surface area contributed by atoms with Crippen molar-refractivity contribution in [3.05, 3.63) is 77.0 Å². The number of carbonyl (C=O) groups excluding carboxylic acids is 2. The number of carbonyl (C=O) groups is 2. The average Bonchev–Trinajstić information content (AvgIpc) is 3.25. The van der Waals surface area contributed by atoms with Crippen molar-refractivity contribution in [2.45, 2.75) is 6.04 Å². The number of nitrogens with zero attached hydrogens (tertiary/aromatic N) is 4. The van der Waals surface area contributed by atoms with Crippen molar-refractivity contribution in [1.29, 1.82) is 0 Å². The molecule has 0 saturated carbocycles. The van der Waals surface area contributed by atoms with Gasteiger partial charge in [-0.25, -0.2) is 4.79 Å². The number of hydrogen-bond acceptors (Lipinski definition) is 8. The smallest absolute Gasteiger partial charge is 0.355 e. The molecule has 146 valence electrons. The van der Waals surface area contributed by atoms with Gasteiger partial charge in [-0.2, -0.15) is 4.68 Å². The molecule has 0 radical (unpaired) electrons. The van der Waals surface area contributed by atoms with Gasteiger partial charge < -0.3 is 14.8 Å². The number of tetrazole rings is 1. The zero-order valence-corrected chi connectivity index (χ0v) is 15.7. The number of rotatable bonds is 5. The van der Waals surface area contributed by atoms with E-state index in [1.807, 2.05) is 12.1 Å². The van der Waals surface area contributed by atoms with Gasteiger partial charge in [0.1, 0.15) is 17.5 Å². The molecule has 0 unspecified atom stereocenters. The fourth-order valence-corrected chi connectivity index (χ4v) is 3.25. The summed E-state index contributed by atoms with van der Waals surface area (Å²) in [6.07, 6.45) is 0. The molecule has 9 heteroatoms. The van der Waals surface area contributed by atoms with Gasteiger partial charge in [-0.05, 0) is 28.1 Å². The lowest BCUT2D eigenvalue weighted by atomic mass is 9.89. The van der Waals surface area contributed by atoms with Crippen LogP contribution in [0.3, 0.4) is 0 Å². The zero-order valence-electron chi connectivity index (χ0n) is 15.7. The van der Waals surface area contributed by atoms with Gasteiger partial charge >= 0.3 is 5.97 Å². The zero-order chi connectivity index (χ0) is 20.4. The number of hydrogen-bond donors (Lipinski definition) is 1. The Balaban J connectivity index is 1.96. The topological polar surface area (TPSA) is 108 Å². The molecule has 9 nitrogen and oxygen atoms in total. The van der Waals surface area contributed by atoms with E-state index in [0.717, 1.165) is 0 Å². The standard InChI is InChI=1S/C20H17N5O4/c1-28-14-10-6-9-13(11-14)17-15(18(26)12-7-4-3-5-8-12)16(19(27)29-2)21-20-22-23-24-25(17)20/h3-11,17H,1-2H3,(H,21,22,24)/t17-/m1/s1. The number of ketones is 1. The molecule has 29 heavy (non-hydrogen) atoms. The van der Waals surface area contributed by atoms with Crippen molar-refractivity contribution in [3.63, 3.8) is 0 Å². The molecule has 1 aliphatic rings. The summed E-state index contributed by atoms with van der Waals surface area (Å²) in [5.41, 5.74) is 1.28. The van der Waals surface area contributed by atoms with Crippen LogP contribution in [0.5, 0.6) is 5.75 Å². The molecule has 4 rings (SSSR count). The number of ether oxygens (including phenoxy) is 2. The Labute approximate surface area is 165 Å². The van der Waals surface area contributed by atoms with Crippen molar-refractivity contribution in [2.75, 3.05) is 19.5 Å². The van der Waals surface area contributed by atoms with Crippen LogP contribution in [0.2, 0.25) is 0 Å². The first-order valence-electron chi connectivity index (χ1n) is 8.75. The highest BCUT2D eigenvalue weighted by Crippen LogP contribution is 2.37. The SMILES string of the molecule is COC(=O)C1=C(C(=O)c2ccccc2)[C@@H](c2cccc(OC)c2)n2nnnc2N1. The number of esters is 1. The molecule has 0 bridgehead atoms. The van der Waals surface area contributed by atoms with Gasteiger partial charge in [-0.15, -0.1) is 0 Å². The predicted octanol–water partition coefficient (Wildman–Crippen LogP) is 2.01. The van der Waals surface area contributed by atoms with E-state index >= 15 is 0 Å². The van der Waals surface area contributed by atoms with Crippen molar-refractivity contribution < 1.29 is 19.1 Å². The van der Waals surface area contributed by atoms with E-state index in [4.69, 9.17) is 9.47 Å². The predicted molar refractivity (Wildman–Crippen MR) is 102 cm³/mol. The minimum absolute atomic E-state index is 0.00327. The third-order valence-electron chi connectivity index (χ3n) is 4.60. The maximum absolute atomic E-state index is 13.5. The van der Waals surface area contributed by atoms with Gasteiger partial charge in [0.25, 0.3) is 0 Å². The minimum Gasteiger partial charge on any atom is -0.497 e. The molecule has 1 aromatic heterocycles. The molecule has 0 aliphatic carbocycles. The number of nitrogens with one attached hydrogen (secondary N) is 1. The van der Waals surface area contributed by atoms with Gasteiger partial charge in [0.05, 0.1) is 19.8 Å². The minimum atomic E-state index is -0.752. The maximum atomic E-state index is 13.5. The summed E-state index contributed by atoms with van der Waals surface area (Å²) in [6.45, 7) is 0. The van der Waals surface area contributed by atoms with Crippen LogP contribution in [-0.2, 0) is 9.53 Å². The number of benzene rings is 2. The fourth-order valence-electron chi connectivity index (χ4n) is 3.25. The number of anilines is 1. The molecule has 2 heterocycles. The number of allylic oxidation sites excluding steroid dienone is 1. The van der Waals surface area contributed by atoms with Crippen LogP contribution < -0.4 is 10.1 Å². The second kappa shape index (κ2) is 7.55. The Morgan fingerprint density at radius 1 is 1.07 bits per heavy atom. The third kappa shape index (κ3) is 3.22. The van der Waals surface area contributed by atoms with Crippen molar-refractivity contribution in [3.8, 4) is 5.75 Å². The Bertz CT molecular complexity index is 1110. The fraction of sp³-hybridized carbons (Fsp3) is 0.150. The Hall–Kier alpha value is -4.01. The molecule has 2 aromatic carbocycles. The van der Waals surface area contributed by atoms with Crippen LogP contribution >= 0.6 is 0 Å². The quantitative estimate of drug-likeness (QED) is 0.520. The second-order valence-corrected chi connectivity index (χ2v) is 6.23. The highest BCUT2D eigenvalue weighted by atomic mass is 16.5.